The molecule has 1 aliphatic rings. The molecule has 3 nitrogen and oxygen atoms in total. The minimum atomic E-state index is 0.599. The second kappa shape index (κ2) is 9.37. The first kappa shape index (κ1) is 18.4. The third-order valence-corrected chi connectivity index (χ3v) is 5.35. The number of likely N-dealkylation sites (tertiary alicyclic amines) is 1. The van der Waals surface area contributed by atoms with Crippen LogP contribution < -0.4 is 10.1 Å². The van der Waals surface area contributed by atoms with Crippen LogP contribution in [-0.2, 0) is 13.2 Å². The first-order valence-electron chi connectivity index (χ1n) is 9.16. The number of nitrogens with one attached hydrogen (secondary N) is 1. The molecule has 2 aromatic rings. The van der Waals surface area contributed by atoms with Gasteiger partial charge in [0.2, 0.25) is 0 Å². The minimum Gasteiger partial charge on any atom is -0.489 e. The molecule has 1 heterocycles. The lowest BCUT2D eigenvalue weighted by Crippen LogP contribution is -2.37. The molecule has 0 bridgehead atoms. The average Bonchev–Trinajstić information content (AvgIpc) is 3.09. The monoisotopic (exact) mass is 402 g/mol. The molecule has 2 aromatic carbocycles. The third-order valence-electron chi connectivity index (χ3n) is 4.86. The van der Waals surface area contributed by atoms with Gasteiger partial charge in [-0.15, -0.1) is 0 Å². The number of nitrogens with zero attached hydrogens (tertiary/aromatic N) is 1. The molecule has 0 radical (unpaired) electrons. The molecule has 0 amide bonds. The summed E-state index contributed by atoms with van der Waals surface area (Å²) in [6.07, 6.45) is 2.62. The van der Waals surface area contributed by atoms with Crippen LogP contribution in [0.25, 0.3) is 0 Å². The molecular weight excluding hydrogens is 376 g/mol. The Hall–Kier alpha value is -1.36. The van der Waals surface area contributed by atoms with Gasteiger partial charge in [0.05, 0.1) is 0 Å². The first-order valence-corrected chi connectivity index (χ1v) is 9.95. The minimum absolute atomic E-state index is 0.599. The fourth-order valence-corrected chi connectivity index (χ4v) is 3.89. The van der Waals surface area contributed by atoms with Crippen LogP contribution in [0, 0.1) is 0 Å². The highest BCUT2D eigenvalue weighted by atomic mass is 79.9. The summed E-state index contributed by atoms with van der Waals surface area (Å²) >= 11 is 3.58. The summed E-state index contributed by atoms with van der Waals surface area (Å²) in [5, 5.41) is 3.63. The van der Waals surface area contributed by atoms with Gasteiger partial charge in [0.1, 0.15) is 12.4 Å². The van der Waals surface area contributed by atoms with Gasteiger partial charge < -0.3 is 10.1 Å². The van der Waals surface area contributed by atoms with E-state index in [4.69, 9.17) is 4.74 Å². The van der Waals surface area contributed by atoms with Crippen LogP contribution in [0.15, 0.2) is 53.0 Å². The Morgan fingerprint density at radius 2 is 2.04 bits per heavy atom. The molecule has 0 aromatic heterocycles. The second-order valence-corrected chi connectivity index (χ2v) is 7.50. The molecule has 0 unspecified atom stereocenters. The maximum absolute atomic E-state index is 6.07. The van der Waals surface area contributed by atoms with Gasteiger partial charge in [-0.3, -0.25) is 4.90 Å². The summed E-state index contributed by atoms with van der Waals surface area (Å²) in [6, 6.07) is 17.2. The molecule has 0 saturated carbocycles. The number of likely N-dealkylation sites (N-methyl/N-ethyl adjacent to an activating group) is 1. The Morgan fingerprint density at radius 1 is 1.20 bits per heavy atom. The summed E-state index contributed by atoms with van der Waals surface area (Å²) in [5.74, 6) is 0.957. The van der Waals surface area contributed by atoms with Crippen LogP contribution in [0.3, 0.4) is 0 Å². The lowest BCUT2D eigenvalue weighted by Gasteiger charge is -2.23. The summed E-state index contributed by atoms with van der Waals surface area (Å²) in [5.41, 5.74) is 2.39. The number of benzene rings is 2. The summed E-state index contributed by atoms with van der Waals surface area (Å²) in [4.78, 5) is 2.57. The molecule has 25 heavy (non-hydrogen) atoms. The van der Waals surface area contributed by atoms with Crippen LogP contribution in [0.5, 0.6) is 5.75 Å². The smallest absolute Gasteiger partial charge is 0.124 e. The molecule has 0 spiro atoms. The molecule has 1 atom stereocenters. The van der Waals surface area contributed by atoms with E-state index in [9.17, 15) is 0 Å². The molecule has 1 saturated heterocycles. The Kier molecular flexibility index (Phi) is 6.91. The molecule has 4 heteroatoms. The van der Waals surface area contributed by atoms with E-state index in [1.54, 1.807) is 0 Å². The Morgan fingerprint density at radius 3 is 2.84 bits per heavy atom. The van der Waals surface area contributed by atoms with Crippen molar-refractivity contribution < 1.29 is 4.74 Å². The van der Waals surface area contributed by atoms with Gasteiger partial charge in [-0.1, -0.05) is 53.2 Å². The van der Waals surface area contributed by atoms with E-state index < -0.39 is 0 Å². The van der Waals surface area contributed by atoms with E-state index in [1.807, 2.05) is 24.3 Å². The highest BCUT2D eigenvalue weighted by Crippen LogP contribution is 2.24. The van der Waals surface area contributed by atoms with Crippen molar-refractivity contribution >= 4 is 15.9 Å². The molecule has 1 aliphatic heterocycles. The standard InChI is InChI=1S/C21H27BrN2O/c1-2-24-12-6-9-20(24)15-23-14-18-13-19(22)10-11-21(18)25-16-17-7-4-3-5-8-17/h3-5,7-8,10-11,13,20,23H,2,6,9,12,14-16H2,1H3/t20-/m1/s1. The lowest BCUT2D eigenvalue weighted by atomic mass is 10.1. The van der Waals surface area contributed by atoms with Crippen LogP contribution in [0.1, 0.15) is 30.9 Å². The predicted molar refractivity (Wildman–Crippen MR) is 107 cm³/mol. The number of hydrogen-bond acceptors (Lipinski definition) is 3. The number of hydrogen-bond donors (Lipinski definition) is 1. The van der Waals surface area contributed by atoms with Crippen molar-refractivity contribution in [1.29, 1.82) is 0 Å². The van der Waals surface area contributed by atoms with E-state index in [-0.39, 0.29) is 0 Å². The maximum Gasteiger partial charge on any atom is 0.124 e. The molecule has 3 rings (SSSR count). The maximum atomic E-state index is 6.07. The van der Waals surface area contributed by atoms with Gasteiger partial charge in [-0.05, 0) is 49.7 Å². The topological polar surface area (TPSA) is 24.5 Å². The van der Waals surface area contributed by atoms with Gasteiger partial charge in [-0.25, -0.2) is 0 Å². The largest absolute Gasteiger partial charge is 0.489 e. The molecular formula is C21H27BrN2O. The van der Waals surface area contributed by atoms with Gasteiger partial charge in [0.15, 0.2) is 0 Å². The molecule has 1 fully saturated rings. The molecule has 0 aliphatic carbocycles. The quantitative estimate of drug-likeness (QED) is 0.697. The fraction of sp³-hybridized carbons (Fsp3) is 0.429. The van der Waals surface area contributed by atoms with Crippen molar-refractivity contribution in [1.82, 2.24) is 10.2 Å². The molecule has 134 valence electrons. The zero-order valence-corrected chi connectivity index (χ0v) is 16.5. The Balaban J connectivity index is 1.57. The number of halogens is 1. The van der Waals surface area contributed by atoms with Gasteiger partial charge in [0.25, 0.3) is 0 Å². The van der Waals surface area contributed by atoms with Crippen LogP contribution in [0.4, 0.5) is 0 Å². The van der Waals surface area contributed by atoms with E-state index in [0.717, 1.165) is 29.9 Å². The third kappa shape index (κ3) is 5.30. The number of rotatable bonds is 8. The van der Waals surface area contributed by atoms with Gasteiger partial charge >= 0.3 is 0 Å². The van der Waals surface area contributed by atoms with Crippen molar-refractivity contribution in [3.8, 4) is 5.75 Å². The van der Waals surface area contributed by atoms with E-state index in [2.05, 4.69) is 57.3 Å². The summed E-state index contributed by atoms with van der Waals surface area (Å²) < 4.78 is 7.16. The average molecular weight is 403 g/mol. The van der Waals surface area contributed by atoms with Crippen LogP contribution in [-0.4, -0.2) is 30.6 Å². The van der Waals surface area contributed by atoms with Crippen molar-refractivity contribution in [2.45, 2.75) is 39.0 Å². The molecule has 1 N–H and O–H groups in total. The number of ether oxygens (including phenoxy) is 1. The highest BCUT2D eigenvalue weighted by Gasteiger charge is 2.22. The van der Waals surface area contributed by atoms with Crippen molar-refractivity contribution in [2.75, 3.05) is 19.6 Å². The highest BCUT2D eigenvalue weighted by molar-refractivity contribution is 9.10. The zero-order chi connectivity index (χ0) is 17.5. The zero-order valence-electron chi connectivity index (χ0n) is 14.9. The van der Waals surface area contributed by atoms with E-state index in [0.29, 0.717) is 12.6 Å². The summed E-state index contributed by atoms with van der Waals surface area (Å²) in [6.45, 7) is 7.11. The van der Waals surface area contributed by atoms with E-state index in [1.165, 1.54) is 30.5 Å². The van der Waals surface area contributed by atoms with Crippen LogP contribution in [0.2, 0.25) is 0 Å². The first-order chi connectivity index (χ1) is 12.3. The lowest BCUT2D eigenvalue weighted by molar-refractivity contribution is 0.259. The van der Waals surface area contributed by atoms with E-state index >= 15 is 0 Å². The second-order valence-electron chi connectivity index (χ2n) is 6.58. The Bertz CT molecular complexity index is 662. The van der Waals surface area contributed by atoms with Gasteiger partial charge in [0, 0.05) is 29.2 Å². The van der Waals surface area contributed by atoms with Crippen molar-refractivity contribution in [2.24, 2.45) is 0 Å². The fourth-order valence-electron chi connectivity index (χ4n) is 3.48. The predicted octanol–water partition coefficient (Wildman–Crippen LogP) is 4.60. The Labute approximate surface area is 159 Å². The SMILES string of the molecule is CCN1CCC[C@@H]1CNCc1cc(Br)ccc1OCc1ccccc1. The normalized spacial score (nSPS) is 17.8. The van der Waals surface area contributed by atoms with Crippen LogP contribution >= 0.6 is 15.9 Å². The van der Waals surface area contributed by atoms with Crippen molar-refractivity contribution in [3.05, 3.63) is 64.1 Å². The van der Waals surface area contributed by atoms with Gasteiger partial charge in [-0.2, -0.15) is 0 Å². The summed E-state index contributed by atoms with van der Waals surface area (Å²) in [7, 11) is 0. The van der Waals surface area contributed by atoms with Crippen molar-refractivity contribution in [3.63, 3.8) is 0 Å².